The highest BCUT2D eigenvalue weighted by atomic mass is 16.6. The van der Waals surface area contributed by atoms with Gasteiger partial charge in [-0.3, -0.25) is 4.79 Å². The van der Waals surface area contributed by atoms with E-state index in [-0.39, 0.29) is 23.5 Å². The molecule has 0 bridgehead atoms. The van der Waals surface area contributed by atoms with Crippen molar-refractivity contribution < 1.29 is 19.0 Å². The zero-order valence-electron chi connectivity index (χ0n) is 14.0. The summed E-state index contributed by atoms with van der Waals surface area (Å²) in [7, 11) is 0. The van der Waals surface area contributed by atoms with Crippen LogP contribution in [0.5, 0.6) is 5.75 Å². The molecule has 24 heavy (non-hydrogen) atoms. The predicted octanol–water partition coefficient (Wildman–Crippen LogP) is 2.25. The van der Waals surface area contributed by atoms with Crippen LogP contribution in [0, 0.1) is 5.92 Å². The smallest absolute Gasteiger partial charge is 0.228 e. The summed E-state index contributed by atoms with van der Waals surface area (Å²) >= 11 is 0. The van der Waals surface area contributed by atoms with E-state index < -0.39 is 0 Å². The number of nitrogens with zero attached hydrogens (tertiary/aromatic N) is 1. The quantitative estimate of drug-likeness (QED) is 0.852. The number of carbonyl (C=O) groups is 1. The Hall–Kier alpha value is -1.59. The van der Waals surface area contributed by atoms with Gasteiger partial charge < -0.3 is 19.1 Å². The second-order valence-electron chi connectivity index (χ2n) is 7.14. The van der Waals surface area contributed by atoms with Gasteiger partial charge in [0.1, 0.15) is 11.9 Å². The zero-order chi connectivity index (χ0) is 16.4. The van der Waals surface area contributed by atoms with Crippen molar-refractivity contribution in [3.63, 3.8) is 0 Å². The van der Waals surface area contributed by atoms with Gasteiger partial charge in [0.25, 0.3) is 0 Å². The first kappa shape index (κ1) is 15.9. The van der Waals surface area contributed by atoms with Gasteiger partial charge >= 0.3 is 0 Å². The number of ether oxygens (including phenoxy) is 3. The molecule has 3 aliphatic heterocycles. The van der Waals surface area contributed by atoms with E-state index in [4.69, 9.17) is 14.2 Å². The number of rotatable bonds is 3. The lowest BCUT2D eigenvalue weighted by Gasteiger charge is -2.39. The number of hydrogen-bond acceptors (Lipinski definition) is 4. The predicted molar refractivity (Wildman–Crippen MR) is 88.9 cm³/mol. The van der Waals surface area contributed by atoms with Crippen LogP contribution in [0.3, 0.4) is 0 Å². The minimum absolute atomic E-state index is 0.0673. The summed E-state index contributed by atoms with van der Waals surface area (Å²) in [6.45, 7) is 3.51. The molecule has 3 fully saturated rings. The van der Waals surface area contributed by atoms with E-state index in [1.807, 2.05) is 35.2 Å². The average molecular weight is 331 g/mol. The molecule has 1 aromatic carbocycles. The van der Waals surface area contributed by atoms with Gasteiger partial charge in [0, 0.05) is 26.1 Å². The summed E-state index contributed by atoms with van der Waals surface area (Å²) in [5.41, 5.74) is -0.109. The highest BCUT2D eigenvalue weighted by Gasteiger charge is 2.45. The topological polar surface area (TPSA) is 48.0 Å². The van der Waals surface area contributed by atoms with Gasteiger partial charge in [-0.05, 0) is 31.4 Å². The third-order valence-corrected chi connectivity index (χ3v) is 5.49. The molecule has 130 valence electrons. The minimum atomic E-state index is -0.109. The summed E-state index contributed by atoms with van der Waals surface area (Å²) in [5.74, 6) is 1.23. The third kappa shape index (κ3) is 3.28. The normalized spacial score (nSPS) is 29.1. The van der Waals surface area contributed by atoms with Gasteiger partial charge in [0.05, 0.1) is 24.7 Å². The molecule has 2 unspecified atom stereocenters. The molecule has 0 radical (unpaired) electrons. The molecular formula is C19H25NO4. The molecule has 0 saturated carbocycles. The lowest BCUT2D eigenvalue weighted by Crippen LogP contribution is -2.48. The summed E-state index contributed by atoms with van der Waals surface area (Å²) in [5, 5.41) is 0. The Bertz CT molecular complexity index is 562. The van der Waals surface area contributed by atoms with Crippen LogP contribution >= 0.6 is 0 Å². The largest absolute Gasteiger partial charge is 0.488 e. The fraction of sp³-hybridized carbons (Fsp3) is 0.632. The highest BCUT2D eigenvalue weighted by Crippen LogP contribution is 2.37. The number of benzene rings is 1. The van der Waals surface area contributed by atoms with Crippen molar-refractivity contribution in [2.45, 2.75) is 37.4 Å². The number of carbonyl (C=O) groups excluding carboxylic acids is 1. The van der Waals surface area contributed by atoms with E-state index >= 15 is 0 Å². The van der Waals surface area contributed by atoms with Crippen LogP contribution in [0.2, 0.25) is 0 Å². The number of amides is 1. The van der Waals surface area contributed by atoms with Crippen LogP contribution in [0.25, 0.3) is 0 Å². The minimum Gasteiger partial charge on any atom is -0.488 e. The molecule has 0 aliphatic carbocycles. The first-order chi connectivity index (χ1) is 11.7. The van der Waals surface area contributed by atoms with Crippen LogP contribution in [-0.4, -0.2) is 55.4 Å². The summed E-state index contributed by atoms with van der Waals surface area (Å²) in [6, 6.07) is 9.92. The Kier molecular flexibility index (Phi) is 4.46. The zero-order valence-corrected chi connectivity index (χ0v) is 14.0. The summed E-state index contributed by atoms with van der Waals surface area (Å²) < 4.78 is 17.5. The van der Waals surface area contributed by atoms with Gasteiger partial charge in [-0.25, -0.2) is 0 Å². The van der Waals surface area contributed by atoms with E-state index in [1.165, 1.54) is 0 Å². The van der Waals surface area contributed by atoms with E-state index in [9.17, 15) is 4.79 Å². The molecule has 0 aromatic heterocycles. The molecule has 5 heteroatoms. The maximum absolute atomic E-state index is 12.5. The van der Waals surface area contributed by atoms with Crippen molar-refractivity contribution in [2.75, 3.05) is 32.9 Å². The van der Waals surface area contributed by atoms with E-state index in [2.05, 4.69) is 0 Å². The molecule has 0 N–H and O–H groups in total. The first-order valence-electron chi connectivity index (χ1n) is 8.96. The standard InChI is InChI=1S/C19H25NO4/c21-18(15-6-11-22-13-15)20-9-7-19(8-10-20)12-17(14-23-19)24-16-4-2-1-3-5-16/h1-5,15,17H,6-14H2. The van der Waals surface area contributed by atoms with Crippen LogP contribution in [0.15, 0.2) is 30.3 Å². The second-order valence-corrected chi connectivity index (χ2v) is 7.14. The second kappa shape index (κ2) is 6.73. The van der Waals surface area contributed by atoms with Crippen LogP contribution in [-0.2, 0) is 14.3 Å². The Morgan fingerprint density at radius 3 is 2.67 bits per heavy atom. The van der Waals surface area contributed by atoms with Crippen molar-refractivity contribution in [3.05, 3.63) is 30.3 Å². The van der Waals surface area contributed by atoms with Crippen molar-refractivity contribution >= 4 is 5.91 Å². The molecule has 2 atom stereocenters. The monoisotopic (exact) mass is 331 g/mol. The van der Waals surface area contributed by atoms with Crippen molar-refractivity contribution in [2.24, 2.45) is 5.92 Å². The number of piperidine rings is 1. The van der Waals surface area contributed by atoms with Crippen LogP contribution in [0.1, 0.15) is 25.7 Å². The molecule has 4 rings (SSSR count). The van der Waals surface area contributed by atoms with Gasteiger partial charge in [-0.1, -0.05) is 18.2 Å². The van der Waals surface area contributed by atoms with E-state index in [0.717, 1.165) is 51.1 Å². The fourth-order valence-corrected chi connectivity index (χ4v) is 4.04. The Labute approximate surface area is 142 Å². The lowest BCUT2D eigenvalue weighted by molar-refractivity contribution is -0.140. The number of likely N-dealkylation sites (tertiary alicyclic amines) is 1. The molecule has 1 spiro atoms. The Balaban J connectivity index is 1.30. The molecule has 1 amide bonds. The molecule has 3 saturated heterocycles. The van der Waals surface area contributed by atoms with E-state index in [1.54, 1.807) is 0 Å². The molecular weight excluding hydrogens is 306 g/mol. The van der Waals surface area contributed by atoms with Crippen molar-refractivity contribution in [3.8, 4) is 5.75 Å². The summed E-state index contributed by atoms with van der Waals surface area (Å²) in [6.07, 6.45) is 3.69. The average Bonchev–Trinajstić information content (AvgIpc) is 3.27. The fourth-order valence-electron chi connectivity index (χ4n) is 4.04. The third-order valence-electron chi connectivity index (χ3n) is 5.49. The highest BCUT2D eigenvalue weighted by molar-refractivity contribution is 5.79. The molecule has 3 heterocycles. The maximum atomic E-state index is 12.5. The Morgan fingerprint density at radius 1 is 1.17 bits per heavy atom. The molecule has 3 aliphatic rings. The van der Waals surface area contributed by atoms with Crippen LogP contribution < -0.4 is 4.74 Å². The van der Waals surface area contributed by atoms with Crippen molar-refractivity contribution in [1.82, 2.24) is 4.90 Å². The number of hydrogen-bond donors (Lipinski definition) is 0. The van der Waals surface area contributed by atoms with Crippen LogP contribution in [0.4, 0.5) is 0 Å². The first-order valence-corrected chi connectivity index (χ1v) is 8.96. The maximum Gasteiger partial charge on any atom is 0.228 e. The SMILES string of the molecule is O=C(C1CCOC1)N1CCC2(CC1)CC(Oc1ccccc1)CO2. The van der Waals surface area contributed by atoms with Gasteiger partial charge in [-0.15, -0.1) is 0 Å². The molecule has 1 aromatic rings. The van der Waals surface area contributed by atoms with E-state index in [0.29, 0.717) is 13.2 Å². The lowest BCUT2D eigenvalue weighted by atomic mass is 9.87. The van der Waals surface area contributed by atoms with Crippen molar-refractivity contribution in [1.29, 1.82) is 0 Å². The van der Waals surface area contributed by atoms with Gasteiger partial charge in [0.2, 0.25) is 5.91 Å². The van der Waals surface area contributed by atoms with Gasteiger partial charge in [-0.2, -0.15) is 0 Å². The summed E-state index contributed by atoms with van der Waals surface area (Å²) in [4.78, 5) is 14.5. The number of para-hydroxylation sites is 1. The Morgan fingerprint density at radius 2 is 1.96 bits per heavy atom. The molecule has 5 nitrogen and oxygen atoms in total. The van der Waals surface area contributed by atoms with Gasteiger partial charge in [0.15, 0.2) is 0 Å².